The van der Waals surface area contributed by atoms with Gasteiger partial charge in [0.2, 0.25) is 17.0 Å². The highest BCUT2D eigenvalue weighted by molar-refractivity contribution is 8.00. The zero-order chi connectivity index (χ0) is 18.5. The van der Waals surface area contributed by atoms with Crippen molar-refractivity contribution in [2.75, 3.05) is 5.32 Å². The number of hydrogen-bond donors (Lipinski definition) is 2. The number of rotatable bonds is 6. The molecule has 2 amide bonds. The number of hydrogen-bond acceptors (Lipinski definition) is 6. The SMILES string of the molecule is CC(=O)Nc1cccc(-n2nnnc2SC(C)C(=O)NC2CCCC2)c1. The Morgan fingerprint density at radius 3 is 2.81 bits per heavy atom. The first kappa shape index (κ1) is 18.4. The Hall–Kier alpha value is -2.42. The Balaban J connectivity index is 1.70. The number of tetrazole rings is 1. The molecule has 1 heterocycles. The van der Waals surface area contributed by atoms with Gasteiger partial charge in [0.15, 0.2) is 0 Å². The van der Waals surface area contributed by atoms with Crippen molar-refractivity contribution in [3.05, 3.63) is 24.3 Å². The standard InChI is InChI=1S/C17H22N6O2S/c1-11(16(25)19-13-6-3-4-7-13)26-17-20-21-22-23(17)15-9-5-8-14(10-15)18-12(2)24/h5,8-11,13H,3-4,6-7H2,1-2H3,(H,18,24)(H,19,25). The van der Waals surface area contributed by atoms with E-state index in [-0.39, 0.29) is 23.1 Å². The molecule has 0 aliphatic heterocycles. The van der Waals surface area contributed by atoms with Crippen LogP contribution in [0.15, 0.2) is 29.4 Å². The maximum atomic E-state index is 12.4. The summed E-state index contributed by atoms with van der Waals surface area (Å²) < 4.78 is 1.56. The van der Waals surface area contributed by atoms with E-state index in [0.717, 1.165) is 12.8 Å². The molecule has 1 fully saturated rings. The zero-order valence-electron chi connectivity index (χ0n) is 14.8. The van der Waals surface area contributed by atoms with Gasteiger partial charge in [-0.3, -0.25) is 9.59 Å². The second kappa shape index (κ2) is 8.31. The van der Waals surface area contributed by atoms with Crippen LogP contribution in [0.4, 0.5) is 5.69 Å². The second-order valence-electron chi connectivity index (χ2n) is 6.35. The Morgan fingerprint density at radius 2 is 2.08 bits per heavy atom. The van der Waals surface area contributed by atoms with Crippen LogP contribution in [0.3, 0.4) is 0 Å². The molecule has 0 radical (unpaired) electrons. The molecule has 1 saturated carbocycles. The van der Waals surface area contributed by atoms with Crippen LogP contribution < -0.4 is 10.6 Å². The van der Waals surface area contributed by atoms with Crippen molar-refractivity contribution in [2.45, 2.75) is 56.0 Å². The van der Waals surface area contributed by atoms with Gasteiger partial charge in [-0.15, -0.1) is 5.10 Å². The molecule has 1 aromatic carbocycles. The lowest BCUT2D eigenvalue weighted by atomic mass is 10.2. The predicted octanol–water partition coefficient (Wildman–Crippen LogP) is 2.16. The summed E-state index contributed by atoms with van der Waals surface area (Å²) in [7, 11) is 0. The fourth-order valence-corrected chi connectivity index (χ4v) is 3.75. The summed E-state index contributed by atoms with van der Waals surface area (Å²) in [4.78, 5) is 23.6. The van der Waals surface area contributed by atoms with Crippen molar-refractivity contribution < 1.29 is 9.59 Å². The van der Waals surface area contributed by atoms with Gasteiger partial charge >= 0.3 is 0 Å². The van der Waals surface area contributed by atoms with Gasteiger partial charge in [0, 0.05) is 18.7 Å². The maximum Gasteiger partial charge on any atom is 0.233 e. The third-order valence-electron chi connectivity index (χ3n) is 4.20. The van der Waals surface area contributed by atoms with E-state index in [2.05, 4.69) is 26.2 Å². The molecule has 0 bridgehead atoms. The fraction of sp³-hybridized carbons (Fsp3) is 0.471. The number of amides is 2. The van der Waals surface area contributed by atoms with E-state index < -0.39 is 0 Å². The van der Waals surface area contributed by atoms with Crippen molar-refractivity contribution in [3.63, 3.8) is 0 Å². The van der Waals surface area contributed by atoms with Crippen LogP contribution in [0.25, 0.3) is 5.69 Å². The Labute approximate surface area is 156 Å². The molecule has 0 spiro atoms. The first-order valence-corrected chi connectivity index (χ1v) is 9.54. The topological polar surface area (TPSA) is 102 Å². The van der Waals surface area contributed by atoms with Crippen molar-refractivity contribution in [1.82, 2.24) is 25.5 Å². The van der Waals surface area contributed by atoms with Crippen LogP contribution in [0, 0.1) is 0 Å². The van der Waals surface area contributed by atoms with Crippen LogP contribution in [0.5, 0.6) is 0 Å². The highest BCUT2D eigenvalue weighted by atomic mass is 32.2. The molecule has 26 heavy (non-hydrogen) atoms. The van der Waals surface area contributed by atoms with E-state index in [1.807, 2.05) is 19.1 Å². The Kier molecular flexibility index (Phi) is 5.87. The maximum absolute atomic E-state index is 12.4. The highest BCUT2D eigenvalue weighted by Crippen LogP contribution is 2.25. The van der Waals surface area contributed by atoms with E-state index in [0.29, 0.717) is 16.5 Å². The van der Waals surface area contributed by atoms with Gasteiger partial charge in [-0.25, -0.2) is 0 Å². The molecule has 1 atom stereocenters. The third-order valence-corrected chi connectivity index (χ3v) is 5.24. The summed E-state index contributed by atoms with van der Waals surface area (Å²) in [5, 5.41) is 17.8. The van der Waals surface area contributed by atoms with Crippen molar-refractivity contribution in [3.8, 4) is 5.69 Å². The van der Waals surface area contributed by atoms with E-state index >= 15 is 0 Å². The molecule has 1 unspecified atom stereocenters. The molecule has 0 saturated heterocycles. The van der Waals surface area contributed by atoms with E-state index in [1.165, 1.54) is 31.5 Å². The lowest BCUT2D eigenvalue weighted by Crippen LogP contribution is -2.37. The number of anilines is 1. The number of aromatic nitrogens is 4. The van der Waals surface area contributed by atoms with Crippen LogP contribution in [-0.2, 0) is 9.59 Å². The van der Waals surface area contributed by atoms with Gasteiger partial charge in [0.1, 0.15) is 0 Å². The largest absolute Gasteiger partial charge is 0.352 e. The van der Waals surface area contributed by atoms with Gasteiger partial charge in [-0.2, -0.15) is 4.68 Å². The van der Waals surface area contributed by atoms with Crippen LogP contribution in [0.2, 0.25) is 0 Å². The molecule has 138 valence electrons. The van der Waals surface area contributed by atoms with Gasteiger partial charge in [0.05, 0.1) is 10.9 Å². The number of nitrogens with one attached hydrogen (secondary N) is 2. The monoisotopic (exact) mass is 374 g/mol. The summed E-state index contributed by atoms with van der Waals surface area (Å²) in [5.41, 5.74) is 1.38. The summed E-state index contributed by atoms with van der Waals surface area (Å²) in [5.74, 6) is -0.144. The number of carbonyl (C=O) groups is 2. The number of benzene rings is 1. The molecular weight excluding hydrogens is 352 g/mol. The average Bonchev–Trinajstić information content (AvgIpc) is 3.26. The first-order valence-electron chi connectivity index (χ1n) is 8.66. The molecule has 1 aliphatic rings. The minimum Gasteiger partial charge on any atom is -0.352 e. The van der Waals surface area contributed by atoms with Crippen molar-refractivity contribution in [2.24, 2.45) is 0 Å². The molecule has 1 aromatic heterocycles. The second-order valence-corrected chi connectivity index (χ2v) is 7.66. The summed E-state index contributed by atoms with van der Waals surface area (Å²) in [6.07, 6.45) is 4.46. The predicted molar refractivity (Wildman–Crippen MR) is 99.2 cm³/mol. The Bertz CT molecular complexity index is 787. The number of nitrogens with zero attached hydrogens (tertiary/aromatic N) is 4. The normalized spacial score (nSPS) is 15.6. The summed E-state index contributed by atoms with van der Waals surface area (Å²) in [6, 6.07) is 7.52. The Morgan fingerprint density at radius 1 is 1.31 bits per heavy atom. The quantitative estimate of drug-likeness (QED) is 0.751. The number of carbonyl (C=O) groups excluding carboxylic acids is 2. The molecule has 2 N–H and O–H groups in total. The summed E-state index contributed by atoms with van der Waals surface area (Å²) in [6.45, 7) is 3.30. The van der Waals surface area contributed by atoms with E-state index in [1.54, 1.807) is 16.8 Å². The van der Waals surface area contributed by atoms with Crippen molar-refractivity contribution >= 4 is 29.3 Å². The van der Waals surface area contributed by atoms with E-state index in [4.69, 9.17) is 0 Å². The third kappa shape index (κ3) is 4.60. The van der Waals surface area contributed by atoms with Crippen LogP contribution >= 0.6 is 11.8 Å². The van der Waals surface area contributed by atoms with Crippen LogP contribution in [0.1, 0.15) is 39.5 Å². The first-order chi connectivity index (χ1) is 12.5. The van der Waals surface area contributed by atoms with Gasteiger partial charge < -0.3 is 10.6 Å². The van der Waals surface area contributed by atoms with Crippen LogP contribution in [-0.4, -0.2) is 43.3 Å². The highest BCUT2D eigenvalue weighted by Gasteiger charge is 2.23. The molecule has 1 aliphatic carbocycles. The molecule has 8 nitrogen and oxygen atoms in total. The summed E-state index contributed by atoms with van der Waals surface area (Å²) >= 11 is 1.31. The fourth-order valence-electron chi connectivity index (χ4n) is 2.93. The van der Waals surface area contributed by atoms with Gasteiger partial charge in [-0.1, -0.05) is 30.7 Å². The smallest absolute Gasteiger partial charge is 0.233 e. The molecule has 2 aromatic rings. The lowest BCUT2D eigenvalue weighted by Gasteiger charge is -2.16. The molecule has 3 rings (SSSR count). The molecule has 9 heteroatoms. The minimum absolute atomic E-state index is 0.00319. The van der Waals surface area contributed by atoms with Crippen molar-refractivity contribution in [1.29, 1.82) is 0 Å². The van der Waals surface area contributed by atoms with Gasteiger partial charge in [0.25, 0.3) is 0 Å². The zero-order valence-corrected chi connectivity index (χ0v) is 15.6. The van der Waals surface area contributed by atoms with E-state index in [9.17, 15) is 9.59 Å². The minimum atomic E-state index is -0.307. The molecular formula is C17H22N6O2S. The van der Waals surface area contributed by atoms with Gasteiger partial charge in [-0.05, 0) is 48.4 Å². The lowest BCUT2D eigenvalue weighted by molar-refractivity contribution is -0.121. The average molecular weight is 374 g/mol. The number of thioether (sulfide) groups is 1.